The van der Waals surface area contributed by atoms with Crippen LogP contribution in [0.3, 0.4) is 0 Å². The van der Waals surface area contributed by atoms with Crippen LogP contribution in [0, 0.1) is 0 Å². The number of aromatic nitrogens is 2. The molecule has 8 heteroatoms. The summed E-state index contributed by atoms with van der Waals surface area (Å²) in [6.45, 7) is 0.470. The Kier molecular flexibility index (Phi) is 5.15. The van der Waals surface area contributed by atoms with Crippen molar-refractivity contribution >= 4 is 15.9 Å². The van der Waals surface area contributed by atoms with Gasteiger partial charge in [-0.3, -0.25) is 9.48 Å². The largest absolute Gasteiger partial charge is 0.343 e. The predicted octanol–water partition coefficient (Wildman–Crippen LogP) is 1.70. The lowest BCUT2D eigenvalue weighted by Crippen LogP contribution is -2.31. The summed E-state index contributed by atoms with van der Waals surface area (Å²) >= 11 is 0. The van der Waals surface area contributed by atoms with Crippen LogP contribution in [0.1, 0.15) is 22.0 Å². The molecule has 7 nitrogen and oxygen atoms in total. The van der Waals surface area contributed by atoms with Crippen LogP contribution in [0.5, 0.6) is 0 Å². The molecule has 0 aliphatic rings. The summed E-state index contributed by atoms with van der Waals surface area (Å²) in [6, 6.07) is 16.6. The van der Waals surface area contributed by atoms with Crippen LogP contribution in [-0.4, -0.2) is 24.1 Å². The second-order valence-corrected chi connectivity index (χ2v) is 7.30. The molecule has 0 radical (unpaired) electrons. The molecule has 3 N–H and O–H groups in total. The molecule has 1 unspecified atom stereocenters. The Labute approximate surface area is 151 Å². The van der Waals surface area contributed by atoms with Gasteiger partial charge in [-0.1, -0.05) is 30.3 Å². The number of nitrogens with two attached hydrogens (primary N) is 1. The van der Waals surface area contributed by atoms with Gasteiger partial charge in [0.25, 0.3) is 5.91 Å². The van der Waals surface area contributed by atoms with E-state index in [0.29, 0.717) is 12.1 Å². The average Bonchev–Trinajstić information content (AvgIpc) is 3.14. The molecule has 1 atom stereocenters. The molecule has 0 saturated carbocycles. The van der Waals surface area contributed by atoms with E-state index in [0.717, 1.165) is 5.56 Å². The van der Waals surface area contributed by atoms with Crippen LogP contribution < -0.4 is 10.5 Å². The Morgan fingerprint density at radius 2 is 1.77 bits per heavy atom. The van der Waals surface area contributed by atoms with Crippen molar-refractivity contribution in [2.45, 2.75) is 17.5 Å². The minimum atomic E-state index is -3.79. The normalized spacial score (nSPS) is 12.5. The first kappa shape index (κ1) is 17.8. The smallest absolute Gasteiger partial charge is 0.251 e. The van der Waals surface area contributed by atoms with Crippen LogP contribution in [0.2, 0.25) is 0 Å². The summed E-state index contributed by atoms with van der Waals surface area (Å²) in [5.41, 5.74) is 1.29. The van der Waals surface area contributed by atoms with E-state index in [-0.39, 0.29) is 16.8 Å². The SMILES string of the molecule is NS(=O)(=O)c1ccc(C(=O)NC(Cn2cccn2)c2ccccc2)cc1. The van der Waals surface area contributed by atoms with Crippen molar-refractivity contribution < 1.29 is 13.2 Å². The van der Waals surface area contributed by atoms with Gasteiger partial charge in [-0.15, -0.1) is 0 Å². The van der Waals surface area contributed by atoms with Crippen molar-refractivity contribution in [3.05, 3.63) is 84.2 Å². The molecule has 1 amide bonds. The van der Waals surface area contributed by atoms with E-state index in [1.807, 2.05) is 42.6 Å². The number of nitrogens with zero attached hydrogens (tertiary/aromatic N) is 2. The van der Waals surface area contributed by atoms with Crippen LogP contribution in [0.25, 0.3) is 0 Å². The lowest BCUT2D eigenvalue weighted by Gasteiger charge is -2.19. The minimum Gasteiger partial charge on any atom is -0.343 e. The molecule has 3 aromatic rings. The number of hydrogen-bond donors (Lipinski definition) is 2. The molecule has 0 aliphatic heterocycles. The van der Waals surface area contributed by atoms with Gasteiger partial charge in [0.2, 0.25) is 10.0 Å². The molecule has 2 aromatic carbocycles. The Hall–Kier alpha value is -2.97. The minimum absolute atomic E-state index is 0.0369. The topological polar surface area (TPSA) is 107 Å². The second kappa shape index (κ2) is 7.51. The van der Waals surface area contributed by atoms with Gasteiger partial charge in [0, 0.05) is 18.0 Å². The maximum atomic E-state index is 12.6. The van der Waals surface area contributed by atoms with Gasteiger partial charge in [-0.2, -0.15) is 5.10 Å². The molecular formula is C18H18N4O3S. The third-order valence-electron chi connectivity index (χ3n) is 3.88. The summed E-state index contributed by atoms with van der Waals surface area (Å²) in [4.78, 5) is 12.6. The first-order chi connectivity index (χ1) is 12.4. The van der Waals surface area contributed by atoms with Crippen molar-refractivity contribution in [1.29, 1.82) is 0 Å². The quantitative estimate of drug-likeness (QED) is 0.688. The standard InChI is InChI=1S/C18H18N4O3S/c19-26(24,25)16-9-7-15(8-10-16)18(23)21-17(13-22-12-4-11-20-22)14-5-2-1-3-6-14/h1-12,17H,13H2,(H,21,23)(H2,19,24,25). The second-order valence-electron chi connectivity index (χ2n) is 5.73. The van der Waals surface area contributed by atoms with E-state index < -0.39 is 10.0 Å². The molecule has 0 saturated heterocycles. The highest BCUT2D eigenvalue weighted by Gasteiger charge is 2.17. The van der Waals surface area contributed by atoms with E-state index >= 15 is 0 Å². The number of nitrogens with one attached hydrogen (secondary N) is 1. The monoisotopic (exact) mass is 370 g/mol. The molecule has 3 rings (SSSR count). The maximum Gasteiger partial charge on any atom is 0.251 e. The van der Waals surface area contributed by atoms with E-state index in [2.05, 4.69) is 10.4 Å². The zero-order valence-electron chi connectivity index (χ0n) is 13.8. The van der Waals surface area contributed by atoms with Gasteiger partial charge in [0.1, 0.15) is 0 Å². The summed E-state index contributed by atoms with van der Waals surface area (Å²) in [5, 5.41) is 12.2. The third kappa shape index (κ3) is 4.35. The number of carbonyl (C=O) groups is 1. The average molecular weight is 370 g/mol. The van der Waals surface area contributed by atoms with Crippen molar-refractivity contribution in [2.75, 3.05) is 0 Å². The van der Waals surface area contributed by atoms with E-state index in [4.69, 9.17) is 5.14 Å². The Bertz CT molecular complexity index is 969. The van der Waals surface area contributed by atoms with E-state index in [1.165, 1.54) is 24.3 Å². The summed E-state index contributed by atoms with van der Waals surface area (Å²) in [5.74, 6) is -0.313. The number of primary sulfonamides is 1. The number of hydrogen-bond acceptors (Lipinski definition) is 4. The molecule has 0 aliphatic carbocycles. The number of benzene rings is 2. The first-order valence-electron chi connectivity index (χ1n) is 7.89. The lowest BCUT2D eigenvalue weighted by molar-refractivity contribution is 0.0931. The fourth-order valence-electron chi connectivity index (χ4n) is 2.55. The Balaban J connectivity index is 1.81. The van der Waals surface area contributed by atoms with Gasteiger partial charge in [-0.25, -0.2) is 13.6 Å². The number of carbonyl (C=O) groups excluding carboxylic acids is 1. The van der Waals surface area contributed by atoms with Crippen molar-refractivity contribution in [1.82, 2.24) is 15.1 Å². The third-order valence-corrected chi connectivity index (χ3v) is 4.81. The van der Waals surface area contributed by atoms with Crippen molar-refractivity contribution in [3.63, 3.8) is 0 Å². The molecular weight excluding hydrogens is 352 g/mol. The molecule has 0 spiro atoms. The van der Waals surface area contributed by atoms with Gasteiger partial charge < -0.3 is 5.32 Å². The lowest BCUT2D eigenvalue weighted by atomic mass is 10.1. The Morgan fingerprint density at radius 3 is 2.35 bits per heavy atom. The number of rotatable bonds is 6. The van der Waals surface area contributed by atoms with Gasteiger partial charge >= 0.3 is 0 Å². The summed E-state index contributed by atoms with van der Waals surface area (Å²) in [6.07, 6.45) is 3.50. The fourth-order valence-corrected chi connectivity index (χ4v) is 3.07. The molecule has 134 valence electrons. The van der Waals surface area contributed by atoms with Crippen LogP contribution in [0.4, 0.5) is 0 Å². The Morgan fingerprint density at radius 1 is 1.08 bits per heavy atom. The molecule has 26 heavy (non-hydrogen) atoms. The van der Waals surface area contributed by atoms with E-state index in [1.54, 1.807) is 10.9 Å². The highest BCUT2D eigenvalue weighted by atomic mass is 32.2. The number of amides is 1. The fraction of sp³-hybridized carbons (Fsp3) is 0.111. The van der Waals surface area contributed by atoms with Gasteiger partial charge in [0.15, 0.2) is 0 Å². The van der Waals surface area contributed by atoms with Crippen molar-refractivity contribution in [2.24, 2.45) is 5.14 Å². The molecule has 0 bridgehead atoms. The summed E-state index contributed by atoms with van der Waals surface area (Å²) < 4.78 is 24.4. The zero-order chi connectivity index (χ0) is 18.6. The highest BCUT2D eigenvalue weighted by Crippen LogP contribution is 2.16. The summed E-state index contributed by atoms with van der Waals surface area (Å²) in [7, 11) is -3.79. The van der Waals surface area contributed by atoms with Crippen LogP contribution >= 0.6 is 0 Å². The van der Waals surface area contributed by atoms with Gasteiger partial charge in [0.05, 0.1) is 17.5 Å². The predicted molar refractivity (Wildman–Crippen MR) is 96.7 cm³/mol. The van der Waals surface area contributed by atoms with Crippen molar-refractivity contribution in [3.8, 4) is 0 Å². The first-order valence-corrected chi connectivity index (χ1v) is 9.44. The molecule has 1 heterocycles. The van der Waals surface area contributed by atoms with Gasteiger partial charge in [-0.05, 0) is 35.9 Å². The van der Waals surface area contributed by atoms with E-state index in [9.17, 15) is 13.2 Å². The molecule has 0 fully saturated rings. The molecule has 1 aromatic heterocycles. The zero-order valence-corrected chi connectivity index (χ0v) is 14.6. The maximum absolute atomic E-state index is 12.6. The van der Waals surface area contributed by atoms with Crippen LogP contribution in [-0.2, 0) is 16.6 Å². The number of sulfonamides is 1. The van der Waals surface area contributed by atoms with Crippen LogP contribution in [0.15, 0.2) is 78.0 Å². The highest BCUT2D eigenvalue weighted by molar-refractivity contribution is 7.89.